The molecule has 172 valence electrons. The third-order valence-corrected chi connectivity index (χ3v) is 5.76. The number of guanidine groups is 1. The lowest BCUT2D eigenvalue weighted by atomic mass is 10.1. The van der Waals surface area contributed by atoms with Crippen molar-refractivity contribution in [2.45, 2.75) is 39.2 Å². The van der Waals surface area contributed by atoms with Gasteiger partial charge in [-0.1, -0.05) is 18.2 Å². The Morgan fingerprint density at radius 1 is 1.06 bits per heavy atom. The first-order valence-corrected chi connectivity index (χ1v) is 11.4. The third kappa shape index (κ3) is 6.11. The van der Waals surface area contributed by atoms with Gasteiger partial charge in [-0.2, -0.15) is 0 Å². The average Bonchev–Trinajstić information content (AvgIpc) is 3.23. The molecule has 0 saturated carbocycles. The molecule has 32 heavy (non-hydrogen) atoms. The number of fused-ring (bicyclic) bond motifs is 1. The summed E-state index contributed by atoms with van der Waals surface area (Å²) in [5.41, 5.74) is 3.50. The van der Waals surface area contributed by atoms with Crippen LogP contribution in [0.15, 0.2) is 53.7 Å². The summed E-state index contributed by atoms with van der Waals surface area (Å²) in [7, 11) is 2.09. The molecule has 1 aliphatic heterocycles. The number of nitrogens with zero attached hydrogens (tertiary/aromatic N) is 6. The molecule has 0 radical (unpaired) electrons. The molecule has 8 heteroatoms. The lowest BCUT2D eigenvalue weighted by Gasteiger charge is -2.29. The van der Waals surface area contributed by atoms with Gasteiger partial charge in [0.05, 0.1) is 0 Å². The van der Waals surface area contributed by atoms with Crippen LogP contribution in [-0.4, -0.2) is 58.7 Å². The van der Waals surface area contributed by atoms with E-state index < -0.39 is 0 Å². The second-order valence-electron chi connectivity index (χ2n) is 8.10. The van der Waals surface area contributed by atoms with E-state index in [0.29, 0.717) is 6.54 Å². The van der Waals surface area contributed by atoms with E-state index in [1.54, 1.807) is 0 Å². The Morgan fingerprint density at radius 3 is 2.59 bits per heavy atom. The minimum atomic E-state index is 0. The summed E-state index contributed by atoms with van der Waals surface area (Å²) in [6, 6.07) is 14.9. The highest BCUT2D eigenvalue weighted by atomic mass is 127. The van der Waals surface area contributed by atoms with Crippen LogP contribution in [0.3, 0.4) is 0 Å². The van der Waals surface area contributed by atoms with Gasteiger partial charge in [0, 0.05) is 58.1 Å². The number of anilines is 1. The number of benzene rings is 1. The van der Waals surface area contributed by atoms with Crippen molar-refractivity contribution in [3.05, 3.63) is 60.0 Å². The minimum Gasteiger partial charge on any atom is -0.372 e. The quantitative estimate of drug-likeness (QED) is 0.276. The minimum absolute atomic E-state index is 0. The SMILES string of the molecule is CCNC(=NCCc1nnc2ccccn12)N(C)Cc1ccc(N2CCCCC2)cc1.I. The summed E-state index contributed by atoms with van der Waals surface area (Å²) in [6.07, 6.45) is 6.71. The molecule has 4 rings (SSSR count). The van der Waals surface area contributed by atoms with Crippen molar-refractivity contribution in [1.82, 2.24) is 24.8 Å². The monoisotopic (exact) mass is 547 g/mol. The van der Waals surface area contributed by atoms with Gasteiger partial charge in [-0.05, 0) is 56.0 Å². The highest BCUT2D eigenvalue weighted by Crippen LogP contribution is 2.20. The third-order valence-electron chi connectivity index (χ3n) is 5.76. The van der Waals surface area contributed by atoms with E-state index in [1.807, 2.05) is 28.8 Å². The molecular formula is C24H34IN7. The van der Waals surface area contributed by atoms with Gasteiger partial charge in [-0.3, -0.25) is 9.39 Å². The molecule has 1 aliphatic rings. The summed E-state index contributed by atoms with van der Waals surface area (Å²) >= 11 is 0. The summed E-state index contributed by atoms with van der Waals surface area (Å²) in [4.78, 5) is 9.50. The molecule has 2 aromatic heterocycles. The van der Waals surface area contributed by atoms with E-state index in [0.717, 1.165) is 36.9 Å². The largest absolute Gasteiger partial charge is 0.372 e. The average molecular weight is 547 g/mol. The topological polar surface area (TPSA) is 61.1 Å². The number of aliphatic imine (C=N–C) groups is 1. The number of nitrogens with one attached hydrogen (secondary N) is 1. The van der Waals surface area contributed by atoms with Gasteiger partial charge in [0.15, 0.2) is 11.6 Å². The Hall–Kier alpha value is -2.36. The molecule has 7 nitrogen and oxygen atoms in total. The van der Waals surface area contributed by atoms with Crippen LogP contribution in [0, 0.1) is 0 Å². The van der Waals surface area contributed by atoms with Gasteiger partial charge in [0.2, 0.25) is 0 Å². The van der Waals surface area contributed by atoms with Crippen molar-refractivity contribution >= 4 is 41.3 Å². The second kappa shape index (κ2) is 12.0. The molecule has 3 heterocycles. The Morgan fingerprint density at radius 2 is 1.84 bits per heavy atom. The number of halogens is 1. The van der Waals surface area contributed by atoms with Crippen molar-refractivity contribution in [1.29, 1.82) is 0 Å². The normalized spacial score (nSPS) is 14.3. The van der Waals surface area contributed by atoms with Gasteiger partial charge >= 0.3 is 0 Å². The molecule has 1 fully saturated rings. The fourth-order valence-corrected chi connectivity index (χ4v) is 4.11. The standard InChI is InChI=1S/C24H33N7.HI/c1-3-25-24(26-15-14-23-28-27-22-9-5-8-18-31(22)23)29(2)19-20-10-12-21(13-11-20)30-16-6-4-7-17-30;/h5,8-13,18H,3-4,6-7,14-17,19H2,1-2H3,(H,25,26);1H. The van der Waals surface area contributed by atoms with E-state index in [2.05, 4.69) is 63.6 Å². The first-order chi connectivity index (χ1) is 15.2. The van der Waals surface area contributed by atoms with E-state index in [1.165, 1.54) is 43.6 Å². The van der Waals surface area contributed by atoms with Crippen molar-refractivity contribution in [2.75, 3.05) is 38.1 Å². The predicted molar refractivity (Wildman–Crippen MR) is 142 cm³/mol. The number of hydrogen-bond acceptors (Lipinski definition) is 4. The summed E-state index contributed by atoms with van der Waals surface area (Å²) in [5.74, 6) is 1.85. The van der Waals surface area contributed by atoms with Gasteiger partial charge < -0.3 is 15.1 Å². The molecule has 0 unspecified atom stereocenters. The van der Waals surface area contributed by atoms with E-state index >= 15 is 0 Å². The number of hydrogen-bond donors (Lipinski definition) is 1. The zero-order valence-corrected chi connectivity index (χ0v) is 21.4. The van der Waals surface area contributed by atoms with Gasteiger partial charge in [-0.25, -0.2) is 0 Å². The maximum atomic E-state index is 4.82. The smallest absolute Gasteiger partial charge is 0.193 e. The van der Waals surface area contributed by atoms with Crippen LogP contribution in [0.25, 0.3) is 5.65 Å². The maximum absolute atomic E-state index is 4.82. The molecule has 0 atom stereocenters. The van der Waals surface area contributed by atoms with E-state index in [4.69, 9.17) is 4.99 Å². The summed E-state index contributed by atoms with van der Waals surface area (Å²) < 4.78 is 2.02. The predicted octanol–water partition coefficient (Wildman–Crippen LogP) is 3.98. The van der Waals surface area contributed by atoms with Gasteiger partial charge in [0.25, 0.3) is 0 Å². The Balaban J connectivity index is 0.00000289. The fraction of sp³-hybridized carbons (Fsp3) is 0.458. The zero-order chi connectivity index (χ0) is 21.5. The Kier molecular flexibility index (Phi) is 9.13. The lowest BCUT2D eigenvalue weighted by molar-refractivity contribution is 0.477. The zero-order valence-electron chi connectivity index (χ0n) is 19.1. The Labute approximate surface area is 207 Å². The number of rotatable bonds is 7. The van der Waals surface area contributed by atoms with Gasteiger partial charge in [0.1, 0.15) is 5.82 Å². The number of piperidine rings is 1. The van der Waals surface area contributed by atoms with Crippen LogP contribution in [-0.2, 0) is 13.0 Å². The van der Waals surface area contributed by atoms with Crippen LogP contribution in [0.1, 0.15) is 37.6 Å². The molecule has 1 N–H and O–H groups in total. The first-order valence-electron chi connectivity index (χ1n) is 11.4. The van der Waals surface area contributed by atoms with Crippen molar-refractivity contribution in [3.8, 4) is 0 Å². The van der Waals surface area contributed by atoms with Crippen LogP contribution < -0.4 is 10.2 Å². The van der Waals surface area contributed by atoms with Crippen molar-refractivity contribution in [3.63, 3.8) is 0 Å². The maximum Gasteiger partial charge on any atom is 0.193 e. The molecule has 0 spiro atoms. The molecule has 0 bridgehead atoms. The second-order valence-corrected chi connectivity index (χ2v) is 8.10. The number of aromatic nitrogens is 3. The molecule has 3 aromatic rings. The molecule has 0 aliphatic carbocycles. The summed E-state index contributed by atoms with van der Waals surface area (Å²) in [5, 5.41) is 11.9. The highest BCUT2D eigenvalue weighted by molar-refractivity contribution is 14.0. The lowest BCUT2D eigenvalue weighted by Crippen LogP contribution is -2.38. The fourth-order valence-electron chi connectivity index (χ4n) is 4.11. The van der Waals surface area contributed by atoms with Crippen LogP contribution in [0.4, 0.5) is 5.69 Å². The van der Waals surface area contributed by atoms with Crippen molar-refractivity contribution in [2.24, 2.45) is 4.99 Å². The molecular weight excluding hydrogens is 513 g/mol. The van der Waals surface area contributed by atoms with Crippen LogP contribution in [0.5, 0.6) is 0 Å². The molecule has 1 aromatic carbocycles. The van der Waals surface area contributed by atoms with Crippen LogP contribution in [0.2, 0.25) is 0 Å². The molecule has 0 amide bonds. The van der Waals surface area contributed by atoms with E-state index in [-0.39, 0.29) is 24.0 Å². The Bertz CT molecular complexity index is 993. The van der Waals surface area contributed by atoms with E-state index in [9.17, 15) is 0 Å². The first kappa shape index (κ1) is 24.3. The summed E-state index contributed by atoms with van der Waals surface area (Å²) in [6.45, 7) is 6.78. The van der Waals surface area contributed by atoms with Crippen molar-refractivity contribution < 1.29 is 0 Å². The molecule has 1 saturated heterocycles. The highest BCUT2D eigenvalue weighted by Gasteiger charge is 2.12. The van der Waals surface area contributed by atoms with Gasteiger partial charge in [-0.15, -0.1) is 34.2 Å². The van der Waals surface area contributed by atoms with Crippen LogP contribution >= 0.6 is 24.0 Å². The number of pyridine rings is 1.